The van der Waals surface area contributed by atoms with E-state index in [0.29, 0.717) is 0 Å². The smallest absolute Gasteiger partial charge is 0.173 e. The molecular formula is C13H13N5S2. The van der Waals surface area contributed by atoms with E-state index in [-0.39, 0.29) is 6.04 Å². The van der Waals surface area contributed by atoms with E-state index in [4.69, 9.17) is 0 Å². The molecule has 1 aliphatic rings. The highest BCUT2D eigenvalue weighted by Crippen LogP contribution is 2.34. The van der Waals surface area contributed by atoms with Crippen LogP contribution in [0.4, 0.5) is 0 Å². The van der Waals surface area contributed by atoms with E-state index in [1.165, 1.54) is 9.75 Å². The van der Waals surface area contributed by atoms with Gasteiger partial charge in [0.2, 0.25) is 0 Å². The lowest BCUT2D eigenvalue weighted by molar-refractivity contribution is 0.168. The molecule has 0 saturated heterocycles. The van der Waals surface area contributed by atoms with E-state index in [1.54, 1.807) is 22.7 Å². The lowest BCUT2D eigenvalue weighted by Gasteiger charge is -2.33. The third-order valence-electron chi connectivity index (χ3n) is 3.52. The minimum Gasteiger partial charge on any atom is -0.282 e. The summed E-state index contributed by atoms with van der Waals surface area (Å²) in [5.41, 5.74) is 0. The first-order valence-electron chi connectivity index (χ1n) is 6.48. The summed E-state index contributed by atoms with van der Waals surface area (Å²) in [5, 5.41) is 16.4. The van der Waals surface area contributed by atoms with E-state index < -0.39 is 0 Å². The van der Waals surface area contributed by atoms with Crippen molar-refractivity contribution >= 4 is 22.7 Å². The van der Waals surface area contributed by atoms with E-state index in [0.717, 1.165) is 25.5 Å². The van der Waals surface area contributed by atoms with Crippen molar-refractivity contribution in [1.29, 1.82) is 0 Å². The highest BCUT2D eigenvalue weighted by Gasteiger charge is 2.32. The van der Waals surface area contributed by atoms with Crippen LogP contribution in [0, 0.1) is 0 Å². The predicted octanol–water partition coefficient (Wildman–Crippen LogP) is 2.40. The molecule has 3 aromatic rings. The first-order valence-corrected chi connectivity index (χ1v) is 8.23. The van der Waals surface area contributed by atoms with Gasteiger partial charge in [-0.1, -0.05) is 12.1 Å². The minimum atomic E-state index is 0.167. The Morgan fingerprint density at radius 2 is 2.05 bits per heavy atom. The average molecular weight is 303 g/mol. The SMILES string of the molecule is c1csc(CN2CCn3nnnc3[C@H]2c2cccs2)c1. The zero-order chi connectivity index (χ0) is 13.4. The number of thiophene rings is 2. The first-order chi connectivity index (χ1) is 9.92. The number of hydrogen-bond donors (Lipinski definition) is 0. The molecule has 0 radical (unpaired) electrons. The second kappa shape index (κ2) is 5.08. The molecule has 4 rings (SSSR count). The van der Waals surface area contributed by atoms with Crippen molar-refractivity contribution in [3.8, 4) is 0 Å². The Bertz CT molecular complexity index is 674. The van der Waals surface area contributed by atoms with Crippen LogP contribution in [0.2, 0.25) is 0 Å². The minimum absolute atomic E-state index is 0.167. The van der Waals surface area contributed by atoms with Gasteiger partial charge in [-0.25, -0.2) is 4.68 Å². The average Bonchev–Trinajstić information content (AvgIpc) is 3.21. The quantitative estimate of drug-likeness (QED) is 0.745. The van der Waals surface area contributed by atoms with Crippen molar-refractivity contribution in [1.82, 2.24) is 25.1 Å². The number of hydrogen-bond acceptors (Lipinski definition) is 6. The van der Waals surface area contributed by atoms with Gasteiger partial charge in [-0.15, -0.1) is 27.8 Å². The molecule has 1 atom stereocenters. The van der Waals surface area contributed by atoms with Crippen molar-refractivity contribution in [2.45, 2.75) is 19.1 Å². The first kappa shape index (κ1) is 12.2. The van der Waals surface area contributed by atoms with Crippen LogP contribution in [0.15, 0.2) is 35.0 Å². The Kier molecular flexibility index (Phi) is 3.10. The maximum absolute atomic E-state index is 4.24. The number of tetrazole rings is 1. The van der Waals surface area contributed by atoms with Crippen molar-refractivity contribution in [3.05, 3.63) is 50.6 Å². The Morgan fingerprint density at radius 3 is 2.85 bits per heavy atom. The fourth-order valence-electron chi connectivity index (χ4n) is 2.61. The molecule has 0 bridgehead atoms. The summed E-state index contributed by atoms with van der Waals surface area (Å²) in [6, 6.07) is 8.72. The molecule has 0 amide bonds. The molecule has 5 nitrogen and oxygen atoms in total. The van der Waals surface area contributed by atoms with Crippen LogP contribution in [0.1, 0.15) is 21.6 Å². The van der Waals surface area contributed by atoms with Crippen LogP contribution >= 0.6 is 22.7 Å². The predicted molar refractivity (Wildman–Crippen MR) is 78.7 cm³/mol. The molecule has 0 spiro atoms. The second-order valence-corrected chi connectivity index (χ2v) is 6.74. The highest BCUT2D eigenvalue weighted by molar-refractivity contribution is 7.10. The molecule has 7 heteroatoms. The Balaban J connectivity index is 1.71. The van der Waals surface area contributed by atoms with Crippen LogP contribution < -0.4 is 0 Å². The maximum Gasteiger partial charge on any atom is 0.173 e. The van der Waals surface area contributed by atoms with Gasteiger partial charge in [0.05, 0.1) is 6.54 Å². The van der Waals surface area contributed by atoms with Gasteiger partial charge in [-0.2, -0.15) is 0 Å². The summed E-state index contributed by atoms with van der Waals surface area (Å²) in [7, 11) is 0. The van der Waals surface area contributed by atoms with Crippen molar-refractivity contribution < 1.29 is 0 Å². The van der Waals surface area contributed by atoms with Crippen LogP contribution in [-0.2, 0) is 13.1 Å². The molecule has 4 heterocycles. The molecule has 3 aromatic heterocycles. The fourth-order valence-corrected chi connectivity index (χ4v) is 4.19. The van der Waals surface area contributed by atoms with Crippen LogP contribution in [0.25, 0.3) is 0 Å². The summed E-state index contributed by atoms with van der Waals surface area (Å²) >= 11 is 3.57. The van der Waals surface area contributed by atoms with E-state index in [2.05, 4.69) is 55.5 Å². The van der Waals surface area contributed by atoms with Gasteiger partial charge in [0.25, 0.3) is 0 Å². The lowest BCUT2D eigenvalue weighted by Crippen LogP contribution is -2.38. The number of rotatable bonds is 3. The van der Waals surface area contributed by atoms with Crippen molar-refractivity contribution in [2.75, 3.05) is 6.54 Å². The molecule has 0 aliphatic carbocycles. The molecule has 0 unspecified atom stereocenters. The molecule has 102 valence electrons. The van der Waals surface area contributed by atoms with Gasteiger partial charge >= 0.3 is 0 Å². The topological polar surface area (TPSA) is 46.8 Å². The monoisotopic (exact) mass is 303 g/mol. The van der Waals surface area contributed by atoms with Crippen molar-refractivity contribution in [2.24, 2.45) is 0 Å². The van der Waals surface area contributed by atoms with E-state index >= 15 is 0 Å². The molecule has 0 saturated carbocycles. The van der Waals surface area contributed by atoms with E-state index in [1.807, 2.05) is 4.68 Å². The molecule has 20 heavy (non-hydrogen) atoms. The van der Waals surface area contributed by atoms with Crippen LogP contribution in [0.3, 0.4) is 0 Å². The summed E-state index contributed by atoms with van der Waals surface area (Å²) in [6.07, 6.45) is 0. The van der Waals surface area contributed by atoms with Crippen LogP contribution in [-0.4, -0.2) is 31.7 Å². The normalized spacial score (nSPS) is 19.1. The zero-order valence-corrected chi connectivity index (χ0v) is 12.3. The van der Waals surface area contributed by atoms with Gasteiger partial charge in [-0.3, -0.25) is 4.90 Å². The van der Waals surface area contributed by atoms with Gasteiger partial charge in [0.1, 0.15) is 6.04 Å². The Labute approximate surface area is 124 Å². The largest absolute Gasteiger partial charge is 0.282 e. The summed E-state index contributed by atoms with van der Waals surface area (Å²) in [6.45, 7) is 2.78. The summed E-state index contributed by atoms with van der Waals surface area (Å²) in [5.74, 6) is 0.954. The highest BCUT2D eigenvalue weighted by atomic mass is 32.1. The molecule has 0 N–H and O–H groups in total. The fraction of sp³-hybridized carbons (Fsp3) is 0.308. The summed E-state index contributed by atoms with van der Waals surface area (Å²) < 4.78 is 1.93. The van der Waals surface area contributed by atoms with Gasteiger partial charge < -0.3 is 0 Å². The van der Waals surface area contributed by atoms with Crippen molar-refractivity contribution in [3.63, 3.8) is 0 Å². The maximum atomic E-state index is 4.24. The Morgan fingerprint density at radius 1 is 1.15 bits per heavy atom. The van der Waals surface area contributed by atoms with Gasteiger partial charge in [-0.05, 0) is 33.3 Å². The molecule has 0 aromatic carbocycles. The van der Waals surface area contributed by atoms with Gasteiger partial charge in [0.15, 0.2) is 5.82 Å². The summed E-state index contributed by atoms with van der Waals surface area (Å²) in [4.78, 5) is 5.15. The number of fused-ring (bicyclic) bond motifs is 1. The zero-order valence-electron chi connectivity index (χ0n) is 10.7. The Hall–Kier alpha value is -1.57. The lowest BCUT2D eigenvalue weighted by atomic mass is 10.1. The van der Waals surface area contributed by atoms with E-state index in [9.17, 15) is 0 Å². The van der Waals surface area contributed by atoms with Crippen LogP contribution in [0.5, 0.6) is 0 Å². The molecular weight excluding hydrogens is 290 g/mol. The standard InChI is InChI=1S/C13H13N5S2/c1-3-10(19-7-1)9-17-5-6-18-13(14-15-16-18)12(17)11-4-2-8-20-11/h1-4,7-8,12H,5-6,9H2/t12-/m1/s1. The third-order valence-corrected chi connectivity index (χ3v) is 5.31. The third kappa shape index (κ3) is 2.07. The molecule has 0 fully saturated rings. The second-order valence-electron chi connectivity index (χ2n) is 4.73. The number of nitrogens with zero attached hydrogens (tertiary/aromatic N) is 5. The molecule has 1 aliphatic heterocycles. The number of aromatic nitrogens is 4. The van der Waals surface area contributed by atoms with Gasteiger partial charge in [0, 0.05) is 22.8 Å².